The molecule has 0 unspecified atom stereocenters. The second kappa shape index (κ2) is 3.31. The molecular weight excluding hydrogens is 198 g/mol. The Kier molecular flexibility index (Phi) is 2.13. The van der Waals surface area contributed by atoms with Crippen LogP contribution in [0.1, 0.15) is 58.1 Å². The van der Waals surface area contributed by atoms with Crippen molar-refractivity contribution in [2.24, 2.45) is 11.3 Å². The lowest BCUT2D eigenvalue weighted by atomic mass is 9.50. The zero-order valence-electron chi connectivity index (χ0n) is 10.3. The summed E-state index contributed by atoms with van der Waals surface area (Å²) in [6, 6.07) is 0. The molecule has 3 saturated carbocycles. The SMILES string of the molecule is CC(C)C12CCC(c3cn[nH]n3)(CC1)CC2. The molecular formula is C13H21N3. The highest BCUT2D eigenvalue weighted by molar-refractivity contribution is 5.18. The van der Waals surface area contributed by atoms with Gasteiger partial charge < -0.3 is 0 Å². The van der Waals surface area contributed by atoms with Gasteiger partial charge in [-0.25, -0.2) is 0 Å². The van der Waals surface area contributed by atoms with Gasteiger partial charge in [-0.3, -0.25) is 0 Å². The van der Waals surface area contributed by atoms with Crippen LogP contribution < -0.4 is 0 Å². The molecule has 0 atom stereocenters. The first-order valence-corrected chi connectivity index (χ1v) is 6.53. The molecule has 0 radical (unpaired) electrons. The summed E-state index contributed by atoms with van der Waals surface area (Å²) in [5, 5.41) is 11.1. The molecule has 3 aliphatic carbocycles. The number of H-pyrrole nitrogens is 1. The molecule has 1 heterocycles. The first-order chi connectivity index (χ1) is 7.67. The van der Waals surface area contributed by atoms with Crippen LogP contribution in [0.5, 0.6) is 0 Å². The van der Waals surface area contributed by atoms with Gasteiger partial charge in [0, 0.05) is 5.41 Å². The average molecular weight is 219 g/mol. The van der Waals surface area contributed by atoms with E-state index in [0.717, 1.165) is 5.92 Å². The smallest absolute Gasteiger partial charge is 0.0886 e. The Labute approximate surface area is 97.0 Å². The van der Waals surface area contributed by atoms with Gasteiger partial charge in [-0.15, -0.1) is 0 Å². The minimum atomic E-state index is 0.365. The van der Waals surface area contributed by atoms with Crippen LogP contribution in [0, 0.1) is 11.3 Å². The molecule has 16 heavy (non-hydrogen) atoms. The second-order valence-electron chi connectivity index (χ2n) is 6.15. The van der Waals surface area contributed by atoms with E-state index in [4.69, 9.17) is 0 Å². The van der Waals surface area contributed by atoms with Crippen molar-refractivity contribution in [1.82, 2.24) is 15.4 Å². The second-order valence-corrected chi connectivity index (χ2v) is 6.15. The van der Waals surface area contributed by atoms with Gasteiger partial charge in [0.05, 0.1) is 11.9 Å². The van der Waals surface area contributed by atoms with Gasteiger partial charge in [-0.05, 0) is 49.9 Å². The third-order valence-electron chi connectivity index (χ3n) is 5.49. The summed E-state index contributed by atoms with van der Waals surface area (Å²) in [7, 11) is 0. The number of hydrogen-bond donors (Lipinski definition) is 1. The Morgan fingerprint density at radius 2 is 1.75 bits per heavy atom. The summed E-state index contributed by atoms with van der Waals surface area (Å²) < 4.78 is 0. The maximum Gasteiger partial charge on any atom is 0.0886 e. The van der Waals surface area contributed by atoms with Crippen LogP contribution in [0.15, 0.2) is 6.20 Å². The molecule has 2 bridgehead atoms. The molecule has 3 fully saturated rings. The molecule has 3 aliphatic rings. The molecule has 1 aromatic heterocycles. The van der Waals surface area contributed by atoms with Crippen molar-refractivity contribution >= 4 is 0 Å². The number of rotatable bonds is 2. The van der Waals surface area contributed by atoms with Crippen LogP contribution in [0.3, 0.4) is 0 Å². The maximum absolute atomic E-state index is 4.34. The van der Waals surface area contributed by atoms with Crippen LogP contribution in [0.2, 0.25) is 0 Å². The van der Waals surface area contributed by atoms with E-state index >= 15 is 0 Å². The summed E-state index contributed by atoms with van der Waals surface area (Å²) in [5.41, 5.74) is 2.22. The minimum absolute atomic E-state index is 0.365. The van der Waals surface area contributed by atoms with Gasteiger partial charge >= 0.3 is 0 Å². The fourth-order valence-electron chi connectivity index (χ4n) is 3.92. The highest BCUT2D eigenvalue weighted by atomic mass is 15.3. The number of aromatic amines is 1. The Bertz CT molecular complexity index is 342. The van der Waals surface area contributed by atoms with Crippen molar-refractivity contribution in [2.45, 2.75) is 57.8 Å². The van der Waals surface area contributed by atoms with Gasteiger partial charge in [0.25, 0.3) is 0 Å². The number of fused-ring (bicyclic) bond motifs is 3. The predicted molar refractivity (Wildman–Crippen MR) is 63.0 cm³/mol. The monoisotopic (exact) mass is 219 g/mol. The number of hydrogen-bond acceptors (Lipinski definition) is 2. The lowest BCUT2D eigenvalue weighted by Crippen LogP contribution is -2.46. The van der Waals surface area contributed by atoms with E-state index in [9.17, 15) is 0 Å². The lowest BCUT2D eigenvalue weighted by molar-refractivity contribution is 0.000177. The molecule has 0 aliphatic heterocycles. The Balaban J connectivity index is 1.86. The molecule has 1 N–H and O–H groups in total. The first-order valence-electron chi connectivity index (χ1n) is 6.53. The van der Waals surface area contributed by atoms with Gasteiger partial charge in [0.15, 0.2) is 0 Å². The molecule has 0 aromatic carbocycles. The molecule has 0 saturated heterocycles. The van der Waals surface area contributed by atoms with Crippen LogP contribution >= 0.6 is 0 Å². The minimum Gasteiger partial charge on any atom is -0.198 e. The predicted octanol–water partition coefficient (Wildman–Crippen LogP) is 3.05. The third-order valence-corrected chi connectivity index (χ3v) is 5.49. The van der Waals surface area contributed by atoms with Crippen molar-refractivity contribution < 1.29 is 0 Å². The molecule has 0 spiro atoms. The van der Waals surface area contributed by atoms with Crippen LogP contribution in [-0.2, 0) is 5.41 Å². The van der Waals surface area contributed by atoms with Crippen molar-refractivity contribution in [3.63, 3.8) is 0 Å². The molecule has 0 amide bonds. The van der Waals surface area contributed by atoms with Gasteiger partial charge in [0.1, 0.15) is 0 Å². The summed E-state index contributed by atoms with van der Waals surface area (Å²) in [4.78, 5) is 0. The van der Waals surface area contributed by atoms with E-state index in [1.807, 2.05) is 6.20 Å². The largest absolute Gasteiger partial charge is 0.198 e. The quantitative estimate of drug-likeness (QED) is 0.830. The van der Waals surface area contributed by atoms with Crippen LogP contribution in [0.25, 0.3) is 0 Å². The molecule has 1 aromatic rings. The molecule has 3 nitrogen and oxygen atoms in total. The average Bonchev–Trinajstić information content (AvgIpc) is 2.85. The fraction of sp³-hybridized carbons (Fsp3) is 0.846. The van der Waals surface area contributed by atoms with Crippen molar-refractivity contribution in [3.8, 4) is 0 Å². The van der Waals surface area contributed by atoms with Gasteiger partial charge in [0.2, 0.25) is 0 Å². The summed E-state index contributed by atoms with van der Waals surface area (Å²) >= 11 is 0. The van der Waals surface area contributed by atoms with E-state index in [0.29, 0.717) is 10.8 Å². The highest BCUT2D eigenvalue weighted by Crippen LogP contribution is 2.59. The highest BCUT2D eigenvalue weighted by Gasteiger charge is 2.51. The molecule has 3 heteroatoms. The standard InChI is InChI=1S/C13H21N3/c1-10(2)12-3-6-13(7-4-12,8-5-12)11-9-14-16-15-11/h9-10H,3-8H2,1-2H3,(H,14,15,16). The first kappa shape index (κ1) is 10.3. The fourth-order valence-corrected chi connectivity index (χ4v) is 3.92. The van der Waals surface area contributed by atoms with Crippen molar-refractivity contribution in [1.29, 1.82) is 0 Å². The van der Waals surface area contributed by atoms with Crippen molar-refractivity contribution in [3.05, 3.63) is 11.9 Å². The normalized spacial score (nSPS) is 38.2. The van der Waals surface area contributed by atoms with E-state index in [2.05, 4.69) is 29.3 Å². The summed E-state index contributed by atoms with van der Waals surface area (Å²) in [6.45, 7) is 4.79. The molecule has 88 valence electrons. The van der Waals surface area contributed by atoms with Crippen molar-refractivity contribution in [2.75, 3.05) is 0 Å². The Morgan fingerprint density at radius 1 is 1.12 bits per heavy atom. The molecule has 4 rings (SSSR count). The number of aromatic nitrogens is 3. The lowest BCUT2D eigenvalue weighted by Gasteiger charge is -2.54. The zero-order chi connectivity index (χ0) is 11.2. The topological polar surface area (TPSA) is 41.6 Å². The van der Waals surface area contributed by atoms with E-state index in [1.54, 1.807) is 0 Å². The summed E-state index contributed by atoms with van der Waals surface area (Å²) in [5.74, 6) is 0.836. The number of nitrogens with zero attached hydrogens (tertiary/aromatic N) is 2. The summed E-state index contributed by atoms with van der Waals surface area (Å²) in [6.07, 6.45) is 10.0. The Morgan fingerprint density at radius 3 is 2.19 bits per heavy atom. The van der Waals surface area contributed by atoms with Gasteiger partial charge in [-0.2, -0.15) is 15.4 Å². The third kappa shape index (κ3) is 1.26. The van der Waals surface area contributed by atoms with Crippen LogP contribution in [-0.4, -0.2) is 15.4 Å². The van der Waals surface area contributed by atoms with E-state index in [1.165, 1.54) is 44.2 Å². The van der Waals surface area contributed by atoms with E-state index in [-0.39, 0.29) is 0 Å². The number of nitrogens with one attached hydrogen (secondary N) is 1. The maximum atomic E-state index is 4.34. The zero-order valence-corrected chi connectivity index (χ0v) is 10.3. The Hall–Kier alpha value is -0.860. The van der Waals surface area contributed by atoms with E-state index < -0.39 is 0 Å². The van der Waals surface area contributed by atoms with Crippen LogP contribution in [0.4, 0.5) is 0 Å². The van der Waals surface area contributed by atoms with Gasteiger partial charge in [-0.1, -0.05) is 13.8 Å².